The van der Waals surface area contributed by atoms with Gasteiger partial charge in [0.25, 0.3) is 0 Å². The lowest BCUT2D eigenvalue weighted by Gasteiger charge is -2.30. The van der Waals surface area contributed by atoms with Crippen LogP contribution in [0.15, 0.2) is 42.6 Å². The fourth-order valence-corrected chi connectivity index (χ4v) is 7.22. The quantitative estimate of drug-likeness (QED) is 0.522. The Hall–Kier alpha value is -2.58. The summed E-state index contributed by atoms with van der Waals surface area (Å²) in [6, 6.07) is 13.1. The standard InChI is InChI=1S/C30H36N4O2S/c1-30(2)18-24-27(29(34-12-14-36-15-13-34)37-28(24)26(35)19-30)23-6-7-32-25(17-23)22-5-3-4-21(16-22)20-33-10-8-31-9-11-33/h3-7,16-17,31H,8-15,18-20H2,1-2H3. The summed E-state index contributed by atoms with van der Waals surface area (Å²) in [6.45, 7) is 12.8. The zero-order valence-corrected chi connectivity index (χ0v) is 22.7. The fraction of sp³-hybridized carbons (Fsp3) is 0.467. The van der Waals surface area contributed by atoms with E-state index in [-0.39, 0.29) is 11.2 Å². The molecule has 2 fully saturated rings. The number of hydrogen-bond donors (Lipinski definition) is 1. The van der Waals surface area contributed by atoms with Crippen LogP contribution in [-0.2, 0) is 17.7 Å². The van der Waals surface area contributed by atoms with Crippen LogP contribution in [0.4, 0.5) is 5.00 Å². The number of morpholine rings is 1. The van der Waals surface area contributed by atoms with Crippen molar-refractivity contribution in [3.8, 4) is 22.4 Å². The molecule has 37 heavy (non-hydrogen) atoms. The molecule has 0 radical (unpaired) electrons. The van der Waals surface area contributed by atoms with E-state index in [9.17, 15) is 4.79 Å². The second-order valence-electron chi connectivity index (χ2n) is 11.3. The highest BCUT2D eigenvalue weighted by atomic mass is 32.1. The van der Waals surface area contributed by atoms with E-state index in [0.29, 0.717) is 6.42 Å². The van der Waals surface area contributed by atoms with Crippen molar-refractivity contribution in [2.24, 2.45) is 5.41 Å². The predicted octanol–water partition coefficient (Wildman–Crippen LogP) is 4.87. The molecule has 0 spiro atoms. The second kappa shape index (κ2) is 10.3. The van der Waals surface area contributed by atoms with Gasteiger partial charge in [-0.05, 0) is 46.7 Å². The average Bonchev–Trinajstić information content (AvgIpc) is 3.29. The molecule has 4 heterocycles. The lowest BCUT2D eigenvalue weighted by atomic mass is 9.75. The number of nitrogens with one attached hydrogen (secondary N) is 1. The van der Waals surface area contributed by atoms with Gasteiger partial charge >= 0.3 is 0 Å². The molecule has 3 aromatic rings. The first kappa shape index (κ1) is 24.7. The summed E-state index contributed by atoms with van der Waals surface area (Å²) in [6.07, 6.45) is 3.46. The second-order valence-corrected chi connectivity index (χ2v) is 12.3. The molecule has 2 saturated heterocycles. The lowest BCUT2D eigenvalue weighted by Crippen LogP contribution is -2.42. The van der Waals surface area contributed by atoms with Crippen molar-refractivity contribution in [3.63, 3.8) is 0 Å². The van der Waals surface area contributed by atoms with Gasteiger partial charge in [-0.1, -0.05) is 32.0 Å². The summed E-state index contributed by atoms with van der Waals surface area (Å²) < 4.78 is 5.64. The van der Waals surface area contributed by atoms with Crippen molar-refractivity contribution >= 4 is 22.1 Å². The van der Waals surface area contributed by atoms with Crippen LogP contribution >= 0.6 is 11.3 Å². The van der Waals surface area contributed by atoms with Gasteiger partial charge in [-0.15, -0.1) is 11.3 Å². The maximum Gasteiger partial charge on any atom is 0.173 e. The van der Waals surface area contributed by atoms with Gasteiger partial charge in [0, 0.05) is 69.6 Å². The third kappa shape index (κ3) is 5.23. The van der Waals surface area contributed by atoms with Crippen molar-refractivity contribution in [3.05, 3.63) is 58.6 Å². The van der Waals surface area contributed by atoms with Crippen molar-refractivity contribution < 1.29 is 9.53 Å². The van der Waals surface area contributed by atoms with Gasteiger partial charge in [-0.25, -0.2) is 0 Å². The monoisotopic (exact) mass is 516 g/mol. The minimum absolute atomic E-state index is 0.0314. The minimum Gasteiger partial charge on any atom is -0.378 e. The summed E-state index contributed by atoms with van der Waals surface area (Å²) in [4.78, 5) is 23.9. The molecule has 0 saturated carbocycles. The molecular formula is C30H36N4O2S. The van der Waals surface area contributed by atoms with E-state index < -0.39 is 0 Å². The maximum absolute atomic E-state index is 13.2. The van der Waals surface area contributed by atoms with Crippen molar-refractivity contribution in [2.45, 2.75) is 33.2 Å². The molecule has 194 valence electrons. The van der Waals surface area contributed by atoms with Crippen LogP contribution < -0.4 is 10.2 Å². The molecule has 1 aromatic carbocycles. The summed E-state index contributed by atoms with van der Waals surface area (Å²) >= 11 is 1.69. The van der Waals surface area contributed by atoms with Crippen molar-refractivity contribution in [1.29, 1.82) is 0 Å². The van der Waals surface area contributed by atoms with Gasteiger partial charge < -0.3 is 15.0 Å². The number of carbonyl (C=O) groups is 1. The van der Waals surface area contributed by atoms with E-state index in [1.165, 1.54) is 21.7 Å². The molecule has 6 rings (SSSR count). The normalized spacial score (nSPS) is 20.2. The number of fused-ring (bicyclic) bond motifs is 1. The van der Waals surface area contributed by atoms with E-state index in [1.54, 1.807) is 11.3 Å². The lowest BCUT2D eigenvalue weighted by molar-refractivity contribution is 0.0918. The SMILES string of the molecule is CC1(C)CC(=O)c2sc(N3CCOCC3)c(-c3ccnc(-c4cccc(CN5CCNCC5)c4)c3)c2C1. The smallest absolute Gasteiger partial charge is 0.173 e. The molecule has 0 bridgehead atoms. The first-order chi connectivity index (χ1) is 18.0. The molecule has 3 aliphatic rings. The molecule has 7 heteroatoms. The summed E-state index contributed by atoms with van der Waals surface area (Å²) in [5.74, 6) is 0.284. The molecule has 0 unspecified atom stereocenters. The molecule has 2 aromatic heterocycles. The molecular weight excluding hydrogens is 480 g/mol. The van der Waals surface area contributed by atoms with Crippen LogP contribution in [0, 0.1) is 5.41 Å². The van der Waals surface area contributed by atoms with Gasteiger partial charge in [0.1, 0.15) is 0 Å². The first-order valence-electron chi connectivity index (χ1n) is 13.5. The number of nitrogens with zero attached hydrogens (tertiary/aromatic N) is 3. The van der Waals surface area contributed by atoms with Crippen LogP contribution in [0.25, 0.3) is 22.4 Å². The molecule has 1 N–H and O–H groups in total. The Kier molecular flexibility index (Phi) is 6.88. The van der Waals surface area contributed by atoms with E-state index in [0.717, 1.165) is 87.1 Å². The van der Waals surface area contributed by atoms with Gasteiger partial charge in [-0.2, -0.15) is 0 Å². The molecule has 0 amide bonds. The number of anilines is 1. The molecule has 1 aliphatic carbocycles. The number of hydrogen-bond acceptors (Lipinski definition) is 7. The zero-order chi connectivity index (χ0) is 25.4. The number of Topliss-reactive ketones (excluding diaryl/α,β-unsaturated/α-hetero) is 1. The Bertz CT molecular complexity index is 1290. The van der Waals surface area contributed by atoms with E-state index >= 15 is 0 Å². The zero-order valence-electron chi connectivity index (χ0n) is 21.9. The number of benzene rings is 1. The van der Waals surface area contributed by atoms with Crippen molar-refractivity contribution in [2.75, 3.05) is 57.4 Å². The van der Waals surface area contributed by atoms with E-state index in [1.807, 2.05) is 6.20 Å². The maximum atomic E-state index is 13.2. The number of rotatable bonds is 5. The van der Waals surface area contributed by atoms with Gasteiger partial charge in [-0.3, -0.25) is 14.7 Å². The number of ether oxygens (including phenoxy) is 1. The molecule has 0 atom stereocenters. The van der Waals surface area contributed by atoms with Gasteiger partial charge in [0.05, 0.1) is 28.8 Å². The minimum atomic E-state index is -0.0314. The Labute approximate surface area is 223 Å². The van der Waals surface area contributed by atoms with Crippen LogP contribution in [0.3, 0.4) is 0 Å². The third-order valence-electron chi connectivity index (χ3n) is 7.72. The van der Waals surface area contributed by atoms with Crippen LogP contribution in [0.5, 0.6) is 0 Å². The summed E-state index contributed by atoms with van der Waals surface area (Å²) in [7, 11) is 0. The van der Waals surface area contributed by atoms with Gasteiger partial charge in [0.2, 0.25) is 0 Å². The number of ketones is 1. The van der Waals surface area contributed by atoms with Crippen LogP contribution in [-0.4, -0.2) is 68.1 Å². The summed E-state index contributed by atoms with van der Waals surface area (Å²) in [5.41, 5.74) is 7.01. The Morgan fingerprint density at radius 2 is 1.84 bits per heavy atom. The Balaban J connectivity index is 1.39. The number of aromatic nitrogens is 1. The molecule has 2 aliphatic heterocycles. The average molecular weight is 517 g/mol. The summed E-state index contributed by atoms with van der Waals surface area (Å²) in [5, 5.41) is 4.64. The number of carbonyl (C=O) groups excluding carboxylic acids is 1. The van der Waals surface area contributed by atoms with E-state index in [2.05, 4.69) is 65.4 Å². The predicted molar refractivity (Wildman–Crippen MR) is 151 cm³/mol. The highest BCUT2D eigenvalue weighted by Crippen LogP contribution is 2.49. The first-order valence-corrected chi connectivity index (χ1v) is 14.3. The molecule has 6 nitrogen and oxygen atoms in total. The van der Waals surface area contributed by atoms with Gasteiger partial charge in [0.15, 0.2) is 5.78 Å². The number of thiophene rings is 1. The third-order valence-corrected chi connectivity index (χ3v) is 9.06. The Morgan fingerprint density at radius 1 is 1.03 bits per heavy atom. The topological polar surface area (TPSA) is 57.7 Å². The Morgan fingerprint density at radius 3 is 2.65 bits per heavy atom. The van der Waals surface area contributed by atoms with Crippen molar-refractivity contribution in [1.82, 2.24) is 15.2 Å². The highest BCUT2D eigenvalue weighted by molar-refractivity contribution is 7.19. The fourth-order valence-electron chi connectivity index (χ4n) is 5.89. The largest absolute Gasteiger partial charge is 0.378 e. The van der Waals surface area contributed by atoms with E-state index in [4.69, 9.17) is 9.72 Å². The van der Waals surface area contributed by atoms with Crippen LogP contribution in [0.2, 0.25) is 0 Å². The number of pyridine rings is 1. The number of piperazine rings is 1. The highest BCUT2D eigenvalue weighted by Gasteiger charge is 2.37. The van der Waals surface area contributed by atoms with Crippen LogP contribution in [0.1, 0.15) is 41.1 Å².